The maximum Gasteiger partial charge on any atom is 0.229 e. The van der Waals surface area contributed by atoms with Crippen molar-refractivity contribution in [1.82, 2.24) is 18.6 Å². The summed E-state index contributed by atoms with van der Waals surface area (Å²) in [6.45, 7) is 0.868. The number of pyridine rings is 1. The van der Waals surface area contributed by atoms with Crippen LogP contribution in [0.2, 0.25) is 0 Å². The van der Waals surface area contributed by atoms with Crippen LogP contribution in [0.25, 0.3) is 0 Å². The minimum absolute atomic E-state index is 0.0349. The van der Waals surface area contributed by atoms with Gasteiger partial charge in [0.2, 0.25) is 11.3 Å². The van der Waals surface area contributed by atoms with Gasteiger partial charge >= 0.3 is 0 Å². The number of nitrogens with two attached hydrogens (primary N) is 1. The molecule has 2 heterocycles. The van der Waals surface area contributed by atoms with Crippen LogP contribution in [0.1, 0.15) is 11.3 Å². The molecule has 0 amide bonds. The molecule has 0 aliphatic carbocycles. The van der Waals surface area contributed by atoms with Gasteiger partial charge in [-0.2, -0.15) is 0 Å². The molecule has 2 aromatic rings. The molecular formula is C14H20N6O2S. The first kappa shape index (κ1) is 17.1. The van der Waals surface area contributed by atoms with Crippen molar-refractivity contribution in [3.05, 3.63) is 46.9 Å². The number of nitrogens with zero attached hydrogens (tertiary/aromatic N) is 4. The number of anilines is 1. The number of H-pyrrole nitrogens is 1. The maximum atomic E-state index is 11.1. The first-order valence-corrected chi connectivity index (χ1v) is 8.09. The SMILES string of the molecule is CN(C)Cc1ccnc(C/C=C(\O)CN=c2[nH][s+]([O-])nc2N)c1. The number of hydrogen-bond acceptors (Lipinski definition) is 7. The second-order valence-corrected chi connectivity index (χ2v) is 6.17. The molecule has 9 heteroatoms. The third kappa shape index (κ3) is 5.47. The van der Waals surface area contributed by atoms with Gasteiger partial charge in [0.1, 0.15) is 5.76 Å². The normalized spacial score (nSPS) is 13.8. The number of hydrogen-bond donors (Lipinski definition) is 3. The second kappa shape index (κ2) is 7.86. The van der Waals surface area contributed by atoms with Crippen molar-refractivity contribution in [3.8, 4) is 0 Å². The van der Waals surface area contributed by atoms with Crippen LogP contribution in [0.15, 0.2) is 35.2 Å². The van der Waals surface area contributed by atoms with Gasteiger partial charge < -0.3 is 20.3 Å². The lowest BCUT2D eigenvalue weighted by Crippen LogP contribution is -2.11. The Labute approximate surface area is 137 Å². The first-order valence-electron chi connectivity index (χ1n) is 6.98. The zero-order valence-corrected chi connectivity index (χ0v) is 13.9. The minimum atomic E-state index is -1.57. The molecule has 2 rings (SSSR count). The molecule has 0 spiro atoms. The van der Waals surface area contributed by atoms with Crippen molar-refractivity contribution >= 4 is 17.0 Å². The number of aromatic nitrogens is 3. The molecule has 0 saturated heterocycles. The molecule has 1 unspecified atom stereocenters. The third-order valence-corrected chi connectivity index (χ3v) is 3.66. The average Bonchev–Trinajstić information content (AvgIpc) is 2.80. The predicted molar refractivity (Wildman–Crippen MR) is 88.1 cm³/mol. The summed E-state index contributed by atoms with van der Waals surface area (Å²) < 4.78 is 17.2. The Morgan fingerprint density at radius 1 is 1.57 bits per heavy atom. The van der Waals surface area contributed by atoms with Gasteiger partial charge in [0.25, 0.3) is 0 Å². The van der Waals surface area contributed by atoms with E-state index in [-0.39, 0.29) is 23.6 Å². The van der Waals surface area contributed by atoms with Gasteiger partial charge in [0.15, 0.2) is 11.1 Å². The quantitative estimate of drug-likeness (QED) is 0.528. The van der Waals surface area contributed by atoms with E-state index in [0.29, 0.717) is 6.42 Å². The lowest BCUT2D eigenvalue weighted by Gasteiger charge is -2.09. The summed E-state index contributed by atoms with van der Waals surface area (Å²) in [6, 6.07) is 3.97. The second-order valence-electron chi connectivity index (χ2n) is 5.29. The zero-order valence-electron chi connectivity index (χ0n) is 13.1. The van der Waals surface area contributed by atoms with E-state index in [9.17, 15) is 9.66 Å². The van der Waals surface area contributed by atoms with Crippen LogP contribution in [0, 0.1) is 0 Å². The Kier molecular flexibility index (Phi) is 5.85. The molecule has 1 atom stereocenters. The standard InChI is InChI=1S/C14H20N6O2S/c1-20(2)9-10-5-6-16-11(7-10)3-4-12(21)8-17-14-13(15)18-23(22)19-14/h4-7,21H,3,8-9H2,1-2H3,(H2,15,18)(H,17,19)/b12-4-. The highest BCUT2D eigenvalue weighted by molar-refractivity contribution is 7.13. The number of allylic oxidation sites excluding steroid dienone is 1. The Balaban J connectivity index is 1.99. The first-order chi connectivity index (χ1) is 10.9. The molecular weight excluding hydrogens is 316 g/mol. The maximum absolute atomic E-state index is 11.1. The van der Waals surface area contributed by atoms with Crippen molar-refractivity contribution in [1.29, 1.82) is 0 Å². The largest absolute Gasteiger partial charge is 0.548 e. The molecule has 2 aromatic heterocycles. The van der Waals surface area contributed by atoms with Crippen LogP contribution < -0.4 is 11.2 Å². The summed E-state index contributed by atoms with van der Waals surface area (Å²) in [5.74, 6) is 0.166. The molecule has 0 radical (unpaired) electrons. The molecule has 8 nitrogen and oxygen atoms in total. The fourth-order valence-corrected chi connectivity index (χ4v) is 2.60. The minimum Gasteiger partial charge on any atom is -0.548 e. The Morgan fingerprint density at radius 2 is 2.35 bits per heavy atom. The van der Waals surface area contributed by atoms with Crippen LogP contribution in [-0.4, -0.2) is 48.9 Å². The number of nitrogen functional groups attached to an aromatic ring is 1. The van der Waals surface area contributed by atoms with Gasteiger partial charge in [0.05, 0.1) is 6.54 Å². The van der Waals surface area contributed by atoms with E-state index in [1.807, 2.05) is 26.2 Å². The van der Waals surface area contributed by atoms with Gasteiger partial charge in [-0.1, -0.05) is 0 Å². The molecule has 0 aliphatic rings. The van der Waals surface area contributed by atoms with E-state index >= 15 is 0 Å². The van der Waals surface area contributed by atoms with Crippen LogP contribution in [-0.2, 0) is 13.0 Å². The van der Waals surface area contributed by atoms with Crippen LogP contribution in [0.5, 0.6) is 0 Å². The van der Waals surface area contributed by atoms with Crippen molar-refractivity contribution in [2.75, 3.05) is 26.4 Å². The summed E-state index contributed by atoms with van der Waals surface area (Å²) in [5, 5.41) is 9.87. The molecule has 0 aromatic carbocycles. The topological polar surface area (TPSA) is 126 Å². The zero-order chi connectivity index (χ0) is 16.8. The van der Waals surface area contributed by atoms with Gasteiger partial charge in [-0.15, -0.1) is 4.37 Å². The van der Waals surface area contributed by atoms with E-state index in [1.54, 1.807) is 12.3 Å². The highest BCUT2D eigenvalue weighted by Crippen LogP contribution is 2.06. The summed E-state index contributed by atoms with van der Waals surface area (Å²) in [4.78, 5) is 10.4. The predicted octanol–water partition coefficient (Wildman–Crippen LogP) is 0.761. The van der Waals surface area contributed by atoms with Crippen molar-refractivity contribution in [3.63, 3.8) is 0 Å². The van der Waals surface area contributed by atoms with Crippen molar-refractivity contribution < 1.29 is 9.66 Å². The van der Waals surface area contributed by atoms with Crippen molar-refractivity contribution in [2.24, 2.45) is 4.99 Å². The monoisotopic (exact) mass is 336 g/mol. The van der Waals surface area contributed by atoms with Gasteiger partial charge in [-0.05, 0) is 37.9 Å². The van der Waals surface area contributed by atoms with E-state index < -0.39 is 11.1 Å². The Morgan fingerprint density at radius 3 is 3.00 bits per heavy atom. The third-order valence-electron chi connectivity index (χ3n) is 2.93. The Bertz CT molecular complexity index is 750. The number of aliphatic hydroxyl groups is 1. The van der Waals surface area contributed by atoms with Crippen LogP contribution >= 0.6 is 11.1 Å². The number of aromatic amines is 1. The molecule has 0 bridgehead atoms. The Hall–Kier alpha value is -2.23. The van der Waals surface area contributed by atoms with E-state index in [2.05, 4.69) is 23.6 Å². The van der Waals surface area contributed by atoms with Crippen LogP contribution in [0.3, 0.4) is 0 Å². The molecule has 0 fully saturated rings. The van der Waals surface area contributed by atoms with E-state index in [4.69, 9.17) is 5.73 Å². The number of rotatable bonds is 6. The lowest BCUT2D eigenvalue weighted by molar-refractivity contribution is 0.399. The summed E-state index contributed by atoms with van der Waals surface area (Å²) in [6.07, 6.45) is 3.90. The number of nitrogens with one attached hydrogen (secondary N) is 1. The fraction of sp³-hybridized carbons (Fsp3) is 0.357. The van der Waals surface area contributed by atoms with Crippen LogP contribution in [0.4, 0.5) is 5.82 Å². The van der Waals surface area contributed by atoms with E-state index in [1.165, 1.54) is 0 Å². The fourth-order valence-electron chi connectivity index (χ4n) is 1.95. The molecule has 0 aliphatic heterocycles. The summed E-state index contributed by atoms with van der Waals surface area (Å²) >= 11 is -1.57. The van der Waals surface area contributed by atoms with Gasteiger partial charge in [-0.3, -0.25) is 9.98 Å². The van der Waals surface area contributed by atoms with E-state index in [0.717, 1.165) is 17.8 Å². The molecule has 124 valence electrons. The highest BCUT2D eigenvalue weighted by atomic mass is 32.2. The highest BCUT2D eigenvalue weighted by Gasteiger charge is 2.03. The lowest BCUT2D eigenvalue weighted by atomic mass is 10.2. The number of aliphatic hydroxyl groups excluding tert-OH is 1. The van der Waals surface area contributed by atoms with Crippen molar-refractivity contribution in [2.45, 2.75) is 13.0 Å². The van der Waals surface area contributed by atoms with Gasteiger partial charge in [-0.25, -0.2) is 0 Å². The summed E-state index contributed by atoms with van der Waals surface area (Å²) in [7, 11) is 4.01. The smallest absolute Gasteiger partial charge is 0.229 e. The summed E-state index contributed by atoms with van der Waals surface area (Å²) in [5.41, 5.74) is 7.78. The molecule has 4 N–H and O–H groups in total. The average molecular weight is 336 g/mol. The van der Waals surface area contributed by atoms with Gasteiger partial charge in [0, 0.05) is 29.2 Å². The molecule has 0 saturated carbocycles. The molecule has 23 heavy (non-hydrogen) atoms.